The molecule has 1 aromatic carbocycles. The highest BCUT2D eigenvalue weighted by molar-refractivity contribution is 7.90. The van der Waals surface area contributed by atoms with Crippen LogP contribution in [0.5, 0.6) is 0 Å². The second kappa shape index (κ2) is 8.74. The minimum absolute atomic E-state index is 0.0715. The Morgan fingerprint density at radius 1 is 1.13 bits per heavy atom. The molecule has 1 N–H and O–H groups in total. The van der Waals surface area contributed by atoms with Crippen LogP contribution in [-0.4, -0.2) is 73.1 Å². The van der Waals surface area contributed by atoms with Crippen molar-refractivity contribution >= 4 is 21.7 Å². The van der Waals surface area contributed by atoms with Crippen LogP contribution in [0.2, 0.25) is 0 Å². The van der Waals surface area contributed by atoms with Gasteiger partial charge in [-0.3, -0.25) is 0 Å². The zero-order chi connectivity index (χ0) is 21.9. The lowest BCUT2D eigenvalue weighted by Gasteiger charge is -2.35. The maximum absolute atomic E-state index is 12.7. The molecule has 1 aliphatic rings. The minimum Gasteiger partial charge on any atom is -0.387 e. The van der Waals surface area contributed by atoms with Crippen LogP contribution in [0.25, 0.3) is 0 Å². The molecular weight excluding hydrogens is 423 g/mol. The van der Waals surface area contributed by atoms with E-state index in [9.17, 15) is 26.7 Å². The molecule has 1 saturated heterocycles. The third-order valence-corrected chi connectivity index (χ3v) is 6.49. The number of nitrogens with zero attached hydrogens (tertiary/aromatic N) is 5. The van der Waals surface area contributed by atoms with E-state index in [0.717, 1.165) is 5.56 Å². The summed E-state index contributed by atoms with van der Waals surface area (Å²) in [6.45, 7) is -0.157. The van der Waals surface area contributed by atoms with Crippen molar-refractivity contribution in [3.63, 3.8) is 0 Å². The molecule has 1 unspecified atom stereocenters. The van der Waals surface area contributed by atoms with Crippen LogP contribution >= 0.6 is 0 Å². The first kappa shape index (κ1) is 22.2. The third kappa shape index (κ3) is 4.82. The first-order chi connectivity index (χ1) is 14.1. The number of benzene rings is 1. The highest BCUT2D eigenvalue weighted by atomic mass is 32.2. The zero-order valence-electron chi connectivity index (χ0n) is 16.2. The number of halogens is 3. The highest BCUT2D eigenvalue weighted by Crippen LogP contribution is 2.28. The highest BCUT2D eigenvalue weighted by Gasteiger charge is 2.50. The van der Waals surface area contributed by atoms with Gasteiger partial charge in [-0.2, -0.15) is 17.5 Å². The molecule has 164 valence electrons. The summed E-state index contributed by atoms with van der Waals surface area (Å²) in [5, 5.41) is 10.4. The summed E-state index contributed by atoms with van der Waals surface area (Å²) in [7, 11) is -3.57. The second-order valence-electron chi connectivity index (χ2n) is 6.88. The fourth-order valence-electron chi connectivity index (χ4n) is 3.16. The summed E-state index contributed by atoms with van der Waals surface area (Å²) in [6, 6.07) is 10.8. The van der Waals surface area contributed by atoms with E-state index in [1.165, 1.54) is 6.33 Å². The summed E-state index contributed by atoms with van der Waals surface area (Å²) < 4.78 is 61.7. The number of aromatic nitrogens is 2. The number of alkyl halides is 3. The molecule has 0 amide bonds. The van der Waals surface area contributed by atoms with Gasteiger partial charge in [-0.05, 0) is 5.56 Å². The number of aliphatic hydroxyl groups excluding tert-OH is 1. The van der Waals surface area contributed by atoms with Gasteiger partial charge in [-0.15, -0.1) is 0 Å². The molecule has 2 aromatic rings. The van der Waals surface area contributed by atoms with E-state index in [2.05, 4.69) is 9.97 Å². The number of hydrogen-bond acceptors (Lipinski definition) is 7. The van der Waals surface area contributed by atoms with Crippen LogP contribution in [-0.2, 0) is 10.0 Å². The number of anilines is 2. The van der Waals surface area contributed by atoms with Crippen molar-refractivity contribution < 1.29 is 26.7 Å². The summed E-state index contributed by atoms with van der Waals surface area (Å²) in [5.74, 6) is 1.01. The molecule has 2 heterocycles. The molecule has 1 aliphatic heterocycles. The topological polar surface area (TPSA) is 89.9 Å². The van der Waals surface area contributed by atoms with Gasteiger partial charge in [-0.1, -0.05) is 30.3 Å². The zero-order valence-corrected chi connectivity index (χ0v) is 17.0. The monoisotopic (exact) mass is 445 g/mol. The average Bonchev–Trinajstić information content (AvgIpc) is 2.73. The predicted molar refractivity (Wildman–Crippen MR) is 105 cm³/mol. The lowest BCUT2D eigenvalue weighted by Crippen LogP contribution is -2.52. The van der Waals surface area contributed by atoms with Gasteiger partial charge in [0.25, 0.3) is 0 Å². The summed E-state index contributed by atoms with van der Waals surface area (Å²) in [4.78, 5) is 11.8. The fourth-order valence-corrected chi connectivity index (χ4v) is 4.09. The van der Waals surface area contributed by atoms with Crippen LogP contribution in [0.3, 0.4) is 0 Å². The molecule has 1 atom stereocenters. The normalized spacial score (nSPS) is 17.0. The van der Waals surface area contributed by atoms with Crippen molar-refractivity contribution in [3.05, 3.63) is 48.3 Å². The van der Waals surface area contributed by atoms with E-state index in [1.54, 1.807) is 22.9 Å². The Balaban J connectivity index is 1.65. The van der Waals surface area contributed by atoms with E-state index in [1.807, 2.05) is 30.3 Å². The maximum atomic E-state index is 12.7. The number of rotatable bonds is 6. The smallest absolute Gasteiger partial charge is 0.387 e. The molecule has 0 aliphatic carbocycles. The number of aliphatic hydroxyl groups is 1. The molecule has 1 aromatic heterocycles. The molecule has 3 rings (SSSR count). The minimum atomic E-state index is -5.33. The van der Waals surface area contributed by atoms with Crippen molar-refractivity contribution in [3.8, 4) is 0 Å². The van der Waals surface area contributed by atoms with Gasteiger partial charge in [-0.25, -0.2) is 18.4 Å². The molecular formula is C18H22F3N5O3S. The third-order valence-electron chi connectivity index (χ3n) is 4.86. The fraction of sp³-hybridized carbons (Fsp3) is 0.444. The largest absolute Gasteiger partial charge is 0.511 e. The van der Waals surface area contributed by atoms with Gasteiger partial charge in [0, 0.05) is 45.8 Å². The Morgan fingerprint density at radius 3 is 2.37 bits per heavy atom. The summed E-state index contributed by atoms with van der Waals surface area (Å²) in [5.41, 5.74) is -4.54. The lowest BCUT2D eigenvalue weighted by atomic mass is 10.1. The lowest BCUT2D eigenvalue weighted by molar-refractivity contribution is -0.0490. The Kier molecular flexibility index (Phi) is 6.48. The molecule has 8 nitrogen and oxygen atoms in total. The van der Waals surface area contributed by atoms with Gasteiger partial charge in [0.05, 0.1) is 6.10 Å². The van der Waals surface area contributed by atoms with Gasteiger partial charge >= 0.3 is 15.5 Å². The van der Waals surface area contributed by atoms with Crippen molar-refractivity contribution in [2.75, 3.05) is 49.6 Å². The Hall–Kier alpha value is -2.44. The maximum Gasteiger partial charge on any atom is 0.511 e. The second-order valence-corrected chi connectivity index (χ2v) is 8.81. The SMILES string of the molecule is CN(CC(O)c1ccccc1)c1cc(N2CCN(S(=O)(=O)C(F)(F)F)CC2)ncn1. The molecule has 30 heavy (non-hydrogen) atoms. The van der Waals surface area contributed by atoms with E-state index < -0.39 is 21.6 Å². The molecule has 0 spiro atoms. The van der Waals surface area contributed by atoms with E-state index in [-0.39, 0.29) is 32.7 Å². The Bertz CT molecular complexity index is 951. The van der Waals surface area contributed by atoms with E-state index >= 15 is 0 Å². The van der Waals surface area contributed by atoms with Crippen molar-refractivity contribution in [2.45, 2.75) is 11.6 Å². The molecule has 1 fully saturated rings. The van der Waals surface area contributed by atoms with Crippen LogP contribution in [0.15, 0.2) is 42.7 Å². The van der Waals surface area contributed by atoms with Crippen LogP contribution in [0, 0.1) is 0 Å². The average molecular weight is 445 g/mol. The summed E-state index contributed by atoms with van der Waals surface area (Å²) in [6.07, 6.45) is 0.597. The standard InChI is InChI=1S/C18H22F3N5O3S/c1-24(12-15(27)14-5-3-2-4-6-14)16-11-17(23-13-22-16)25-7-9-26(10-8-25)30(28,29)18(19,20)21/h2-6,11,13,15,27H,7-10,12H2,1H3. The van der Waals surface area contributed by atoms with E-state index in [0.29, 0.717) is 15.9 Å². The first-order valence-corrected chi connectivity index (χ1v) is 10.6. The molecule has 0 radical (unpaired) electrons. The number of piperazine rings is 1. The van der Waals surface area contributed by atoms with Crippen LogP contribution in [0.4, 0.5) is 24.8 Å². The van der Waals surface area contributed by atoms with Crippen molar-refractivity contribution in [2.24, 2.45) is 0 Å². The van der Waals surface area contributed by atoms with Crippen molar-refractivity contribution in [1.82, 2.24) is 14.3 Å². The Labute approximate surface area is 172 Å². The molecule has 12 heteroatoms. The van der Waals surface area contributed by atoms with Crippen LogP contribution in [0.1, 0.15) is 11.7 Å². The summed E-state index contributed by atoms with van der Waals surface area (Å²) >= 11 is 0. The predicted octanol–water partition coefficient (Wildman–Crippen LogP) is 1.62. The molecule has 0 bridgehead atoms. The van der Waals surface area contributed by atoms with Crippen molar-refractivity contribution in [1.29, 1.82) is 0 Å². The Morgan fingerprint density at radius 2 is 1.77 bits per heavy atom. The number of hydrogen-bond donors (Lipinski definition) is 1. The quantitative estimate of drug-likeness (QED) is 0.723. The van der Waals surface area contributed by atoms with Gasteiger partial charge in [0.15, 0.2) is 0 Å². The molecule has 0 saturated carbocycles. The van der Waals surface area contributed by atoms with Crippen LogP contribution < -0.4 is 9.80 Å². The van der Waals surface area contributed by atoms with Gasteiger partial charge < -0.3 is 14.9 Å². The van der Waals surface area contributed by atoms with Gasteiger partial charge in [0.1, 0.15) is 18.0 Å². The number of likely N-dealkylation sites (N-methyl/N-ethyl adjacent to an activating group) is 1. The number of sulfonamides is 1. The first-order valence-electron chi connectivity index (χ1n) is 9.17. The van der Waals surface area contributed by atoms with Gasteiger partial charge in [0.2, 0.25) is 0 Å². The van der Waals surface area contributed by atoms with E-state index in [4.69, 9.17) is 0 Å².